The monoisotopic (exact) mass is 384 g/mol. The molecule has 0 aliphatic carbocycles. The molecule has 4 rings (SSSR count). The molecule has 1 N–H and O–H groups in total. The number of piperidine rings is 1. The largest absolute Gasteiger partial charge is 0.460 e. The van der Waals surface area contributed by atoms with E-state index in [9.17, 15) is 8.42 Å². The van der Waals surface area contributed by atoms with E-state index >= 15 is 0 Å². The van der Waals surface area contributed by atoms with E-state index in [1.54, 1.807) is 16.4 Å². The number of furan rings is 1. The number of para-hydroxylation sites is 1. The fraction of sp³-hybridized carbons (Fsp3) is 0.333. The van der Waals surface area contributed by atoms with Crippen molar-refractivity contribution in [3.05, 3.63) is 65.9 Å². The maximum Gasteiger partial charge on any atom is 0.243 e. The highest BCUT2D eigenvalue weighted by Crippen LogP contribution is 2.21. The average molecular weight is 385 g/mol. The summed E-state index contributed by atoms with van der Waals surface area (Å²) >= 11 is 0. The lowest BCUT2D eigenvalue weighted by atomic mass is 10.2. The van der Waals surface area contributed by atoms with Crippen molar-refractivity contribution < 1.29 is 12.8 Å². The molecule has 0 atom stereocenters. The van der Waals surface area contributed by atoms with Crippen LogP contribution in [0.3, 0.4) is 0 Å². The summed E-state index contributed by atoms with van der Waals surface area (Å²) in [6.45, 7) is 2.54. The number of nitrogens with one attached hydrogen (secondary N) is 1. The van der Waals surface area contributed by atoms with Crippen LogP contribution in [0, 0.1) is 0 Å². The van der Waals surface area contributed by atoms with E-state index in [4.69, 9.17) is 4.42 Å². The first-order valence-corrected chi connectivity index (χ1v) is 10.8. The molecule has 1 fully saturated rings. The predicted molar refractivity (Wildman–Crippen MR) is 106 cm³/mol. The summed E-state index contributed by atoms with van der Waals surface area (Å²) < 4.78 is 32.8. The van der Waals surface area contributed by atoms with Crippen LogP contribution in [0.25, 0.3) is 11.0 Å². The molecule has 0 unspecified atom stereocenters. The van der Waals surface area contributed by atoms with Gasteiger partial charge in [0.2, 0.25) is 10.0 Å². The van der Waals surface area contributed by atoms with Crippen LogP contribution in [0.2, 0.25) is 0 Å². The van der Waals surface area contributed by atoms with Crippen LogP contribution in [-0.4, -0.2) is 25.8 Å². The fourth-order valence-electron chi connectivity index (χ4n) is 3.49. The third-order valence-corrected chi connectivity index (χ3v) is 6.89. The van der Waals surface area contributed by atoms with Gasteiger partial charge in [-0.3, -0.25) is 0 Å². The molecule has 0 bridgehead atoms. The number of hydrogen-bond acceptors (Lipinski definition) is 4. The van der Waals surface area contributed by atoms with E-state index in [1.807, 2.05) is 42.5 Å². The minimum Gasteiger partial charge on any atom is -0.460 e. The van der Waals surface area contributed by atoms with Crippen molar-refractivity contribution >= 4 is 21.0 Å². The van der Waals surface area contributed by atoms with Crippen molar-refractivity contribution in [2.24, 2.45) is 0 Å². The molecule has 6 heteroatoms. The Balaban J connectivity index is 1.36. The summed E-state index contributed by atoms with van der Waals surface area (Å²) in [6.07, 6.45) is 3.01. The summed E-state index contributed by atoms with van der Waals surface area (Å²) in [5.74, 6) is 0.889. The van der Waals surface area contributed by atoms with E-state index < -0.39 is 10.0 Å². The molecule has 1 saturated heterocycles. The van der Waals surface area contributed by atoms with Gasteiger partial charge in [0.1, 0.15) is 11.3 Å². The zero-order valence-electron chi connectivity index (χ0n) is 15.2. The van der Waals surface area contributed by atoms with Crippen molar-refractivity contribution in [1.82, 2.24) is 9.62 Å². The molecule has 1 aliphatic rings. The van der Waals surface area contributed by atoms with Gasteiger partial charge in [-0.05, 0) is 42.7 Å². The quantitative estimate of drug-likeness (QED) is 0.700. The lowest BCUT2D eigenvalue weighted by Crippen LogP contribution is -2.35. The van der Waals surface area contributed by atoms with Gasteiger partial charge in [-0.1, -0.05) is 36.8 Å². The number of rotatable bonds is 6. The molecule has 27 heavy (non-hydrogen) atoms. The minimum atomic E-state index is -3.36. The Morgan fingerprint density at radius 3 is 2.41 bits per heavy atom. The molecular formula is C21H24N2O3S. The second-order valence-corrected chi connectivity index (χ2v) is 8.90. The van der Waals surface area contributed by atoms with Crippen LogP contribution < -0.4 is 5.32 Å². The van der Waals surface area contributed by atoms with E-state index in [0.717, 1.165) is 41.6 Å². The molecule has 5 nitrogen and oxygen atoms in total. The van der Waals surface area contributed by atoms with Gasteiger partial charge in [0.05, 0.1) is 11.4 Å². The Morgan fingerprint density at radius 2 is 1.67 bits per heavy atom. The molecular weight excluding hydrogens is 360 g/mol. The Labute approximate surface area is 160 Å². The third kappa shape index (κ3) is 4.08. The maximum absolute atomic E-state index is 12.7. The van der Waals surface area contributed by atoms with E-state index in [1.165, 1.54) is 0 Å². The molecule has 0 spiro atoms. The maximum atomic E-state index is 12.7. The minimum absolute atomic E-state index is 0.380. The molecule has 0 saturated carbocycles. The lowest BCUT2D eigenvalue weighted by molar-refractivity contribution is 0.346. The first-order chi connectivity index (χ1) is 13.1. The second-order valence-electron chi connectivity index (χ2n) is 6.96. The highest BCUT2D eigenvalue weighted by Gasteiger charge is 2.25. The van der Waals surface area contributed by atoms with E-state index in [2.05, 4.69) is 5.32 Å². The van der Waals surface area contributed by atoms with E-state index in [-0.39, 0.29) is 0 Å². The second kappa shape index (κ2) is 7.84. The van der Waals surface area contributed by atoms with Gasteiger partial charge in [-0.15, -0.1) is 0 Å². The summed E-state index contributed by atoms with van der Waals surface area (Å²) in [7, 11) is -3.36. The molecule has 1 aliphatic heterocycles. The van der Waals surface area contributed by atoms with Gasteiger partial charge in [0.15, 0.2) is 0 Å². The number of hydrogen-bond donors (Lipinski definition) is 1. The smallest absolute Gasteiger partial charge is 0.243 e. The highest BCUT2D eigenvalue weighted by molar-refractivity contribution is 7.89. The summed E-state index contributed by atoms with van der Waals surface area (Å²) in [4.78, 5) is 0.380. The third-order valence-electron chi connectivity index (χ3n) is 4.98. The Hall–Kier alpha value is -2.15. The normalized spacial score (nSPS) is 16.0. The van der Waals surface area contributed by atoms with Gasteiger partial charge >= 0.3 is 0 Å². The Bertz CT molecular complexity index is 970. The van der Waals surface area contributed by atoms with Crippen LogP contribution in [0.4, 0.5) is 0 Å². The molecule has 0 radical (unpaired) electrons. The molecule has 1 aromatic heterocycles. The Morgan fingerprint density at radius 1 is 0.926 bits per heavy atom. The zero-order chi connectivity index (χ0) is 18.7. The zero-order valence-corrected chi connectivity index (χ0v) is 16.0. The first-order valence-electron chi connectivity index (χ1n) is 9.40. The molecule has 3 aromatic rings. The summed E-state index contributed by atoms with van der Waals surface area (Å²) in [5.41, 5.74) is 1.94. The standard InChI is InChI=1S/C21H24N2O3S/c24-27(25,23-12-4-1-5-13-23)20-10-8-17(9-11-20)15-22-16-19-14-18-6-2-3-7-21(18)26-19/h2-3,6-11,14,22H,1,4-5,12-13,15-16H2. The van der Waals surface area contributed by atoms with Gasteiger partial charge in [0.25, 0.3) is 0 Å². The lowest BCUT2D eigenvalue weighted by Gasteiger charge is -2.25. The molecule has 142 valence electrons. The Kier molecular flexibility index (Phi) is 5.29. The molecule has 0 amide bonds. The van der Waals surface area contributed by atoms with Crippen molar-refractivity contribution in [2.75, 3.05) is 13.1 Å². The van der Waals surface area contributed by atoms with Gasteiger partial charge < -0.3 is 9.73 Å². The molecule has 2 aromatic carbocycles. The van der Waals surface area contributed by atoms with Gasteiger partial charge in [-0.25, -0.2) is 8.42 Å². The summed E-state index contributed by atoms with van der Waals surface area (Å²) in [6, 6.07) is 17.2. The van der Waals surface area contributed by atoms with E-state index in [0.29, 0.717) is 31.1 Å². The van der Waals surface area contributed by atoms with Crippen LogP contribution >= 0.6 is 0 Å². The highest BCUT2D eigenvalue weighted by atomic mass is 32.2. The van der Waals surface area contributed by atoms with Crippen LogP contribution in [0.5, 0.6) is 0 Å². The number of fused-ring (bicyclic) bond motifs is 1. The van der Waals surface area contributed by atoms with Crippen molar-refractivity contribution in [1.29, 1.82) is 0 Å². The number of nitrogens with zero attached hydrogens (tertiary/aromatic N) is 1. The van der Waals surface area contributed by atoms with Crippen LogP contribution in [0.15, 0.2) is 63.9 Å². The van der Waals surface area contributed by atoms with Crippen molar-refractivity contribution in [3.63, 3.8) is 0 Å². The van der Waals surface area contributed by atoms with Crippen molar-refractivity contribution in [3.8, 4) is 0 Å². The average Bonchev–Trinajstić information content (AvgIpc) is 3.12. The SMILES string of the molecule is O=S(=O)(c1ccc(CNCc2cc3ccccc3o2)cc1)N1CCCCC1. The first kappa shape index (κ1) is 18.2. The summed E-state index contributed by atoms with van der Waals surface area (Å²) in [5, 5.41) is 4.45. The van der Waals surface area contributed by atoms with Crippen molar-refractivity contribution in [2.45, 2.75) is 37.2 Å². The van der Waals surface area contributed by atoms with Gasteiger partial charge in [0, 0.05) is 25.0 Å². The van der Waals surface area contributed by atoms with Crippen LogP contribution in [-0.2, 0) is 23.1 Å². The fourth-order valence-corrected chi connectivity index (χ4v) is 5.00. The molecule has 2 heterocycles. The predicted octanol–water partition coefficient (Wildman–Crippen LogP) is 3.90. The number of benzene rings is 2. The topological polar surface area (TPSA) is 62.6 Å². The van der Waals surface area contributed by atoms with Gasteiger partial charge in [-0.2, -0.15) is 4.31 Å². The number of sulfonamides is 1. The van der Waals surface area contributed by atoms with Crippen LogP contribution in [0.1, 0.15) is 30.6 Å².